The fourth-order valence-corrected chi connectivity index (χ4v) is 2.46. The zero-order valence-corrected chi connectivity index (χ0v) is 10.9. The Morgan fingerprint density at radius 2 is 2.11 bits per heavy atom. The Morgan fingerprint density at radius 1 is 1.32 bits per heavy atom. The molecule has 2 nitrogen and oxygen atoms in total. The number of nitrogens with zero attached hydrogens (tertiary/aromatic N) is 1. The van der Waals surface area contributed by atoms with E-state index in [1.54, 1.807) is 12.1 Å². The number of rotatable bonds is 2. The molecule has 94 valence electrons. The first kappa shape index (κ1) is 12.1. The molecule has 3 rings (SSSR count). The number of nitrogens with one attached hydrogen (secondary N) is 1. The van der Waals surface area contributed by atoms with Gasteiger partial charge in [-0.15, -0.1) is 0 Å². The zero-order chi connectivity index (χ0) is 13.4. The van der Waals surface area contributed by atoms with E-state index in [0.717, 1.165) is 18.5 Å². The molecule has 1 fully saturated rings. The van der Waals surface area contributed by atoms with Crippen LogP contribution >= 0.6 is 12.2 Å². The number of hydrogen-bond donors (Lipinski definition) is 1. The van der Waals surface area contributed by atoms with Gasteiger partial charge in [0, 0.05) is 11.3 Å². The first-order valence-electron chi connectivity index (χ1n) is 6.12. The topological polar surface area (TPSA) is 39.6 Å². The lowest BCUT2D eigenvalue weighted by atomic mass is 10.0. The highest BCUT2D eigenvalue weighted by Gasteiger charge is 2.25. The maximum absolute atomic E-state index is 13.3. The third kappa shape index (κ3) is 2.29. The molecule has 0 atom stereocenters. The molecule has 19 heavy (non-hydrogen) atoms. The van der Waals surface area contributed by atoms with Gasteiger partial charge < -0.3 is 4.98 Å². The van der Waals surface area contributed by atoms with Gasteiger partial charge in [-0.1, -0.05) is 24.4 Å². The number of benzene rings is 1. The van der Waals surface area contributed by atoms with E-state index in [0.29, 0.717) is 27.2 Å². The van der Waals surface area contributed by atoms with Crippen LogP contribution in [0.3, 0.4) is 0 Å². The monoisotopic (exact) mass is 270 g/mol. The number of H-pyrrole nitrogens is 1. The van der Waals surface area contributed by atoms with Gasteiger partial charge in [-0.05, 0) is 42.5 Å². The molecule has 0 saturated heterocycles. The zero-order valence-electron chi connectivity index (χ0n) is 10.1. The molecule has 0 radical (unpaired) electrons. The summed E-state index contributed by atoms with van der Waals surface area (Å²) >= 11 is 5.23. The summed E-state index contributed by atoms with van der Waals surface area (Å²) in [5.74, 6) is 0.190. The molecule has 1 saturated carbocycles. The van der Waals surface area contributed by atoms with Crippen LogP contribution in [0, 0.1) is 21.8 Å². The van der Waals surface area contributed by atoms with E-state index in [2.05, 4.69) is 11.1 Å². The van der Waals surface area contributed by atoms with Crippen molar-refractivity contribution < 1.29 is 4.39 Å². The van der Waals surface area contributed by atoms with Crippen LogP contribution in [0.2, 0.25) is 0 Å². The number of aromatic amines is 1. The summed E-state index contributed by atoms with van der Waals surface area (Å²) in [4.78, 5) is 3.11. The van der Waals surface area contributed by atoms with E-state index in [-0.39, 0.29) is 5.82 Å². The molecule has 1 aliphatic rings. The minimum absolute atomic E-state index is 0.312. The van der Waals surface area contributed by atoms with Gasteiger partial charge in [0.15, 0.2) is 0 Å². The van der Waals surface area contributed by atoms with Gasteiger partial charge in [0.1, 0.15) is 16.5 Å². The quantitative estimate of drug-likeness (QED) is 0.826. The van der Waals surface area contributed by atoms with Crippen molar-refractivity contribution in [1.82, 2.24) is 4.98 Å². The minimum Gasteiger partial charge on any atom is -0.349 e. The summed E-state index contributed by atoms with van der Waals surface area (Å²) < 4.78 is 13.8. The molecule has 1 aliphatic carbocycles. The average Bonchev–Trinajstić information content (AvgIpc) is 3.22. The molecule has 4 heteroatoms. The minimum atomic E-state index is -0.312. The van der Waals surface area contributed by atoms with Crippen LogP contribution in [0.15, 0.2) is 30.3 Å². The van der Waals surface area contributed by atoms with Crippen LogP contribution in [0.25, 0.3) is 11.1 Å². The molecule has 0 bridgehead atoms. The smallest absolute Gasteiger partial charge is 0.123 e. The second kappa shape index (κ2) is 4.60. The van der Waals surface area contributed by atoms with Crippen molar-refractivity contribution in [2.45, 2.75) is 18.8 Å². The second-order valence-corrected chi connectivity index (χ2v) is 5.15. The number of hydrogen-bond acceptors (Lipinski definition) is 2. The van der Waals surface area contributed by atoms with Crippen LogP contribution in [-0.2, 0) is 0 Å². The van der Waals surface area contributed by atoms with E-state index in [1.165, 1.54) is 12.1 Å². The maximum Gasteiger partial charge on any atom is 0.123 e. The van der Waals surface area contributed by atoms with Crippen LogP contribution in [-0.4, -0.2) is 4.98 Å². The van der Waals surface area contributed by atoms with E-state index >= 15 is 0 Å². The van der Waals surface area contributed by atoms with Crippen LogP contribution in [0.4, 0.5) is 4.39 Å². The van der Waals surface area contributed by atoms with Crippen molar-refractivity contribution in [3.63, 3.8) is 0 Å². The molecular formula is C15H11FN2S. The fourth-order valence-electron chi connectivity index (χ4n) is 2.19. The summed E-state index contributed by atoms with van der Waals surface area (Å²) in [6, 6.07) is 10.3. The molecule has 1 heterocycles. The SMILES string of the molecule is N#Cc1c(-c2cccc(F)c2)cc(C2CC2)[nH]c1=S. The fraction of sp³-hybridized carbons (Fsp3) is 0.200. The summed E-state index contributed by atoms with van der Waals surface area (Å²) in [6.45, 7) is 0. The summed E-state index contributed by atoms with van der Waals surface area (Å²) in [7, 11) is 0. The van der Waals surface area contributed by atoms with Crippen molar-refractivity contribution in [1.29, 1.82) is 5.26 Å². The highest BCUT2D eigenvalue weighted by molar-refractivity contribution is 7.71. The highest BCUT2D eigenvalue weighted by atomic mass is 32.1. The Balaban J connectivity index is 2.23. The van der Waals surface area contributed by atoms with Gasteiger partial charge in [-0.2, -0.15) is 5.26 Å². The molecule has 0 amide bonds. The van der Waals surface area contributed by atoms with Gasteiger partial charge in [-0.25, -0.2) is 4.39 Å². The second-order valence-electron chi connectivity index (χ2n) is 4.74. The molecule has 1 aromatic heterocycles. The van der Waals surface area contributed by atoms with Crippen LogP contribution < -0.4 is 0 Å². The van der Waals surface area contributed by atoms with E-state index in [4.69, 9.17) is 12.2 Å². The molecule has 2 aromatic rings. The first-order chi connectivity index (χ1) is 9.19. The highest BCUT2D eigenvalue weighted by Crippen LogP contribution is 2.40. The van der Waals surface area contributed by atoms with Crippen molar-refractivity contribution in [2.75, 3.05) is 0 Å². The Morgan fingerprint density at radius 3 is 2.74 bits per heavy atom. The van der Waals surface area contributed by atoms with Crippen molar-refractivity contribution in [3.8, 4) is 17.2 Å². The van der Waals surface area contributed by atoms with Crippen molar-refractivity contribution in [3.05, 3.63) is 52.0 Å². The lowest BCUT2D eigenvalue weighted by Crippen LogP contribution is -1.95. The predicted molar refractivity (Wildman–Crippen MR) is 73.7 cm³/mol. The number of nitriles is 1. The number of halogens is 1. The van der Waals surface area contributed by atoms with E-state index < -0.39 is 0 Å². The Kier molecular flexibility index (Phi) is 2.92. The molecule has 0 unspecified atom stereocenters. The van der Waals surface area contributed by atoms with Crippen molar-refractivity contribution in [2.24, 2.45) is 0 Å². The van der Waals surface area contributed by atoms with E-state index in [1.807, 2.05) is 6.07 Å². The summed E-state index contributed by atoms with van der Waals surface area (Å²) in [5.41, 5.74) is 2.86. The van der Waals surface area contributed by atoms with Gasteiger partial charge in [0.05, 0.1) is 5.56 Å². The summed E-state index contributed by atoms with van der Waals surface area (Å²) in [5, 5.41) is 9.24. The van der Waals surface area contributed by atoms with Crippen molar-refractivity contribution >= 4 is 12.2 Å². The van der Waals surface area contributed by atoms with Gasteiger partial charge in [0.2, 0.25) is 0 Å². The maximum atomic E-state index is 13.3. The van der Waals surface area contributed by atoms with Gasteiger partial charge in [-0.3, -0.25) is 0 Å². The molecular weight excluding hydrogens is 259 g/mol. The lowest BCUT2D eigenvalue weighted by molar-refractivity contribution is 0.628. The van der Waals surface area contributed by atoms with Gasteiger partial charge >= 0.3 is 0 Å². The Bertz CT molecular complexity index is 739. The standard InChI is InChI=1S/C15H11FN2S/c16-11-3-1-2-10(6-11)12-7-14(9-4-5-9)18-15(19)13(12)8-17/h1-3,6-7,9H,4-5H2,(H,18,19). The van der Waals surface area contributed by atoms with E-state index in [9.17, 15) is 9.65 Å². The molecule has 0 spiro atoms. The third-order valence-corrected chi connectivity index (χ3v) is 3.62. The number of aromatic nitrogens is 1. The third-order valence-electron chi connectivity index (χ3n) is 3.32. The Labute approximate surface area is 115 Å². The Hall–Kier alpha value is -1.99. The number of pyridine rings is 1. The first-order valence-corrected chi connectivity index (χ1v) is 6.53. The van der Waals surface area contributed by atoms with Gasteiger partial charge in [0.25, 0.3) is 0 Å². The average molecular weight is 270 g/mol. The lowest BCUT2D eigenvalue weighted by Gasteiger charge is -2.08. The van der Waals surface area contributed by atoms with Crippen LogP contribution in [0.1, 0.15) is 30.0 Å². The predicted octanol–water partition coefficient (Wildman–Crippen LogP) is 4.30. The van der Waals surface area contributed by atoms with Crippen LogP contribution in [0.5, 0.6) is 0 Å². The summed E-state index contributed by atoms with van der Waals surface area (Å²) in [6.07, 6.45) is 2.28. The molecule has 0 aliphatic heterocycles. The molecule has 1 aromatic carbocycles. The largest absolute Gasteiger partial charge is 0.349 e. The molecule has 1 N–H and O–H groups in total. The normalized spacial score (nSPS) is 14.1.